The molecule has 1 aromatic carbocycles. The molecule has 0 saturated heterocycles. The molecule has 1 aromatic rings. The van der Waals surface area contributed by atoms with E-state index in [0.29, 0.717) is 0 Å². The summed E-state index contributed by atoms with van der Waals surface area (Å²) >= 11 is 11.2. The monoisotopic (exact) mass is 243 g/mol. The van der Waals surface area contributed by atoms with E-state index in [4.69, 9.17) is 23.2 Å². The Hall–Kier alpha value is -0.610. The van der Waals surface area contributed by atoms with Crippen molar-refractivity contribution >= 4 is 28.9 Å². The van der Waals surface area contributed by atoms with Crippen LogP contribution in [0.2, 0.25) is 10.0 Å². The van der Waals surface area contributed by atoms with Crippen molar-refractivity contribution in [3.8, 4) is 0 Å². The van der Waals surface area contributed by atoms with Crippen molar-refractivity contribution in [1.29, 1.82) is 0 Å². The minimum atomic E-state index is -2.52. The Morgan fingerprint density at radius 1 is 1.21 bits per heavy atom. The van der Waals surface area contributed by atoms with Crippen LogP contribution < -0.4 is 5.32 Å². The molecule has 0 bridgehead atoms. The molecule has 14 heavy (non-hydrogen) atoms. The Kier molecular flexibility index (Phi) is 3.89. The fraction of sp³-hybridized carbons (Fsp3) is 0.250. The highest BCUT2D eigenvalue weighted by Gasteiger charge is 2.10. The summed E-state index contributed by atoms with van der Waals surface area (Å²) in [6, 6.07) is 2.00. The highest BCUT2D eigenvalue weighted by atomic mass is 35.5. The predicted molar refractivity (Wildman–Crippen MR) is 50.9 cm³/mol. The summed E-state index contributed by atoms with van der Waals surface area (Å²) in [6.45, 7) is -0.578. The van der Waals surface area contributed by atoms with Crippen molar-refractivity contribution in [2.24, 2.45) is 0 Å². The number of nitrogens with one attached hydrogen (secondary N) is 1. The van der Waals surface area contributed by atoms with Gasteiger partial charge in [0.25, 0.3) is 6.43 Å². The molecule has 0 aromatic heterocycles. The molecule has 0 radical (unpaired) electrons. The van der Waals surface area contributed by atoms with Crippen LogP contribution in [-0.2, 0) is 0 Å². The van der Waals surface area contributed by atoms with Gasteiger partial charge in [0, 0.05) is 0 Å². The summed E-state index contributed by atoms with van der Waals surface area (Å²) in [5.74, 6) is -0.609. The molecule has 1 N–H and O–H groups in total. The average Bonchev–Trinajstić information content (AvgIpc) is 2.01. The molecule has 0 amide bonds. The summed E-state index contributed by atoms with van der Waals surface area (Å²) in [6.07, 6.45) is -2.52. The van der Waals surface area contributed by atoms with E-state index >= 15 is 0 Å². The van der Waals surface area contributed by atoms with Crippen LogP contribution in [0.25, 0.3) is 0 Å². The zero-order valence-corrected chi connectivity index (χ0v) is 8.34. The maximum absolute atomic E-state index is 12.7. The molecule has 6 heteroatoms. The first-order valence-electron chi connectivity index (χ1n) is 3.67. The fourth-order valence-electron chi connectivity index (χ4n) is 0.890. The molecule has 0 fully saturated rings. The van der Waals surface area contributed by atoms with Crippen LogP contribution in [0.5, 0.6) is 0 Å². The van der Waals surface area contributed by atoms with Crippen molar-refractivity contribution in [2.45, 2.75) is 6.43 Å². The predicted octanol–water partition coefficient (Wildman–Crippen LogP) is 3.81. The smallest absolute Gasteiger partial charge is 0.255 e. The quantitative estimate of drug-likeness (QED) is 0.852. The standard InChI is InChI=1S/C8H6Cl2F3N/c9-5-1-4(11)2-6(10)8(5)14-3-7(12)13/h1-2,7,14H,3H2. The minimum absolute atomic E-state index is 0.0179. The van der Waals surface area contributed by atoms with Gasteiger partial charge < -0.3 is 5.32 Å². The number of halogens is 5. The molecule has 0 unspecified atom stereocenters. The summed E-state index contributed by atoms with van der Waals surface area (Å²) in [7, 11) is 0. The van der Waals surface area contributed by atoms with E-state index in [0.717, 1.165) is 12.1 Å². The summed E-state index contributed by atoms with van der Waals surface area (Å²) < 4.78 is 36.3. The minimum Gasteiger partial charge on any atom is -0.377 e. The third kappa shape index (κ3) is 2.96. The lowest BCUT2D eigenvalue weighted by molar-refractivity contribution is 0.163. The van der Waals surface area contributed by atoms with Crippen molar-refractivity contribution in [1.82, 2.24) is 0 Å². The van der Waals surface area contributed by atoms with E-state index < -0.39 is 18.8 Å². The van der Waals surface area contributed by atoms with E-state index in [1.807, 2.05) is 0 Å². The van der Waals surface area contributed by atoms with Gasteiger partial charge >= 0.3 is 0 Å². The molecule has 0 atom stereocenters. The van der Waals surface area contributed by atoms with Crippen LogP contribution in [0.4, 0.5) is 18.9 Å². The van der Waals surface area contributed by atoms with Gasteiger partial charge in [-0.25, -0.2) is 13.2 Å². The van der Waals surface area contributed by atoms with Crippen molar-refractivity contribution in [2.75, 3.05) is 11.9 Å². The molecule has 0 heterocycles. The Labute approximate surface area is 88.8 Å². The van der Waals surface area contributed by atoms with Crippen LogP contribution >= 0.6 is 23.2 Å². The maximum Gasteiger partial charge on any atom is 0.255 e. The van der Waals surface area contributed by atoms with E-state index in [1.165, 1.54) is 0 Å². The Bertz CT molecular complexity index is 307. The zero-order valence-electron chi connectivity index (χ0n) is 6.83. The molecule has 0 aliphatic rings. The van der Waals surface area contributed by atoms with Gasteiger partial charge in [0.2, 0.25) is 0 Å². The van der Waals surface area contributed by atoms with E-state index in [-0.39, 0.29) is 15.7 Å². The number of hydrogen-bond donors (Lipinski definition) is 1. The van der Waals surface area contributed by atoms with Crippen LogP contribution in [0.1, 0.15) is 0 Å². The van der Waals surface area contributed by atoms with Gasteiger partial charge in [0.1, 0.15) is 5.82 Å². The summed E-state index contributed by atoms with van der Waals surface area (Å²) in [4.78, 5) is 0. The number of alkyl halides is 2. The lowest BCUT2D eigenvalue weighted by atomic mass is 10.3. The summed E-state index contributed by atoms with van der Waals surface area (Å²) in [5, 5.41) is 2.29. The number of benzene rings is 1. The molecule has 0 aliphatic carbocycles. The second kappa shape index (κ2) is 4.75. The lowest BCUT2D eigenvalue weighted by Gasteiger charge is -2.09. The highest BCUT2D eigenvalue weighted by molar-refractivity contribution is 6.39. The van der Waals surface area contributed by atoms with E-state index in [9.17, 15) is 13.2 Å². The molecular weight excluding hydrogens is 238 g/mol. The molecule has 1 nitrogen and oxygen atoms in total. The van der Waals surface area contributed by atoms with Gasteiger partial charge in [0.15, 0.2) is 0 Å². The second-order valence-corrected chi connectivity index (χ2v) is 3.33. The van der Waals surface area contributed by atoms with Crippen molar-refractivity contribution in [3.63, 3.8) is 0 Å². The van der Waals surface area contributed by atoms with Crippen molar-refractivity contribution < 1.29 is 13.2 Å². The van der Waals surface area contributed by atoms with Gasteiger partial charge in [0.05, 0.1) is 22.3 Å². The van der Waals surface area contributed by atoms with Gasteiger partial charge in [-0.15, -0.1) is 0 Å². The average molecular weight is 244 g/mol. The fourth-order valence-corrected chi connectivity index (χ4v) is 1.48. The van der Waals surface area contributed by atoms with E-state index in [1.54, 1.807) is 0 Å². The number of anilines is 1. The Balaban J connectivity index is 2.86. The van der Waals surface area contributed by atoms with Gasteiger partial charge in [-0.3, -0.25) is 0 Å². The van der Waals surface area contributed by atoms with Gasteiger partial charge in [-0.05, 0) is 12.1 Å². The van der Waals surface area contributed by atoms with Gasteiger partial charge in [-0.2, -0.15) is 0 Å². The molecule has 0 saturated carbocycles. The molecule has 1 rings (SSSR count). The van der Waals surface area contributed by atoms with Crippen LogP contribution in [0, 0.1) is 5.82 Å². The highest BCUT2D eigenvalue weighted by Crippen LogP contribution is 2.31. The summed E-state index contributed by atoms with van der Waals surface area (Å²) in [5.41, 5.74) is 0.120. The lowest BCUT2D eigenvalue weighted by Crippen LogP contribution is -2.10. The molecule has 78 valence electrons. The SMILES string of the molecule is Fc1cc(Cl)c(NCC(F)F)c(Cl)c1. The van der Waals surface area contributed by atoms with Crippen LogP contribution in [0.3, 0.4) is 0 Å². The molecule has 0 aliphatic heterocycles. The maximum atomic E-state index is 12.7. The third-order valence-electron chi connectivity index (χ3n) is 1.44. The van der Waals surface area contributed by atoms with Crippen molar-refractivity contribution in [3.05, 3.63) is 28.0 Å². The number of hydrogen-bond acceptors (Lipinski definition) is 1. The van der Waals surface area contributed by atoms with E-state index in [2.05, 4.69) is 5.32 Å². The second-order valence-electron chi connectivity index (χ2n) is 2.52. The zero-order chi connectivity index (χ0) is 10.7. The first-order valence-corrected chi connectivity index (χ1v) is 4.43. The van der Waals surface area contributed by atoms with Gasteiger partial charge in [-0.1, -0.05) is 23.2 Å². The number of rotatable bonds is 3. The van der Waals surface area contributed by atoms with Crippen LogP contribution in [-0.4, -0.2) is 13.0 Å². The largest absolute Gasteiger partial charge is 0.377 e. The Morgan fingerprint density at radius 3 is 2.14 bits per heavy atom. The van der Waals surface area contributed by atoms with Crippen LogP contribution in [0.15, 0.2) is 12.1 Å². The first kappa shape index (κ1) is 11.5. The third-order valence-corrected chi connectivity index (χ3v) is 2.04. The molecular formula is C8H6Cl2F3N. The first-order chi connectivity index (χ1) is 6.50. The normalized spacial score (nSPS) is 10.7. The topological polar surface area (TPSA) is 12.0 Å². The Morgan fingerprint density at radius 2 is 1.71 bits per heavy atom. The molecule has 0 spiro atoms.